The van der Waals surface area contributed by atoms with E-state index in [-0.39, 0.29) is 11.3 Å². The van der Waals surface area contributed by atoms with Crippen LogP contribution in [0.2, 0.25) is 0 Å². The Morgan fingerprint density at radius 3 is 2.52 bits per heavy atom. The zero-order valence-electron chi connectivity index (χ0n) is 17.4. The predicted molar refractivity (Wildman–Crippen MR) is 115 cm³/mol. The van der Waals surface area contributed by atoms with E-state index in [1.807, 2.05) is 12.1 Å². The van der Waals surface area contributed by atoms with Crippen LogP contribution < -0.4 is 5.32 Å². The van der Waals surface area contributed by atoms with E-state index in [1.54, 1.807) is 36.4 Å². The number of nitrogens with one attached hydrogen (secondary N) is 1. The third-order valence-electron chi connectivity index (χ3n) is 5.40. The predicted octanol–water partition coefficient (Wildman–Crippen LogP) is 4.43. The molecule has 5 nitrogen and oxygen atoms in total. The van der Waals surface area contributed by atoms with Gasteiger partial charge in [0.1, 0.15) is 5.75 Å². The molecule has 0 spiro atoms. The van der Waals surface area contributed by atoms with Crippen molar-refractivity contribution < 1.29 is 19.7 Å². The molecule has 0 saturated carbocycles. The SMILES string of the molecule is CC/C(=C/c1ccc2c(c1O)C(O)(c1ccccc1)C(OC)C(=O)N2)CC(C)C. The Morgan fingerprint density at radius 2 is 1.93 bits per heavy atom. The van der Waals surface area contributed by atoms with Crippen molar-refractivity contribution in [2.45, 2.75) is 45.3 Å². The molecule has 0 radical (unpaired) electrons. The van der Waals surface area contributed by atoms with Gasteiger partial charge in [0, 0.05) is 12.7 Å². The second-order valence-corrected chi connectivity index (χ2v) is 7.92. The quantitative estimate of drug-likeness (QED) is 0.676. The van der Waals surface area contributed by atoms with Gasteiger partial charge < -0.3 is 20.3 Å². The summed E-state index contributed by atoms with van der Waals surface area (Å²) in [6, 6.07) is 12.3. The molecule has 0 bridgehead atoms. The van der Waals surface area contributed by atoms with Crippen molar-refractivity contribution in [3.63, 3.8) is 0 Å². The lowest BCUT2D eigenvalue weighted by Gasteiger charge is -2.40. The standard InChI is InChI=1S/C24H29NO4/c1-5-16(13-15(2)3)14-17-11-12-19-20(21(17)26)24(28,18-9-7-6-8-10-18)22(29-4)23(27)25-19/h6-12,14-15,22,26,28H,5,13H2,1-4H3,(H,25,27)/b16-14-. The number of carbonyl (C=O) groups excluding carboxylic acids is 1. The number of ether oxygens (including phenoxy) is 1. The van der Waals surface area contributed by atoms with Gasteiger partial charge in [-0.25, -0.2) is 0 Å². The van der Waals surface area contributed by atoms with Crippen molar-refractivity contribution in [1.82, 2.24) is 0 Å². The molecule has 0 saturated heterocycles. The number of phenolic OH excluding ortho intramolecular Hbond substituents is 1. The van der Waals surface area contributed by atoms with E-state index in [1.165, 1.54) is 12.7 Å². The first-order chi connectivity index (χ1) is 13.8. The Labute approximate surface area is 172 Å². The first-order valence-corrected chi connectivity index (χ1v) is 10.00. The molecule has 1 aliphatic heterocycles. The van der Waals surface area contributed by atoms with Gasteiger partial charge in [-0.2, -0.15) is 0 Å². The fourth-order valence-corrected chi connectivity index (χ4v) is 4.05. The minimum atomic E-state index is -1.81. The van der Waals surface area contributed by atoms with E-state index in [2.05, 4.69) is 26.1 Å². The summed E-state index contributed by atoms with van der Waals surface area (Å²) in [5.74, 6) is -0.00640. The molecule has 29 heavy (non-hydrogen) atoms. The van der Waals surface area contributed by atoms with Crippen molar-refractivity contribution in [3.05, 3.63) is 64.7 Å². The zero-order valence-corrected chi connectivity index (χ0v) is 17.4. The summed E-state index contributed by atoms with van der Waals surface area (Å²) >= 11 is 0. The molecule has 0 aliphatic carbocycles. The number of aliphatic hydroxyl groups is 1. The van der Waals surface area contributed by atoms with Crippen LogP contribution >= 0.6 is 0 Å². The second-order valence-electron chi connectivity index (χ2n) is 7.92. The number of benzene rings is 2. The molecule has 1 aliphatic rings. The highest BCUT2D eigenvalue weighted by Gasteiger charge is 2.51. The van der Waals surface area contributed by atoms with Gasteiger partial charge in [0.2, 0.25) is 0 Å². The fraction of sp³-hybridized carbons (Fsp3) is 0.375. The van der Waals surface area contributed by atoms with E-state index >= 15 is 0 Å². The van der Waals surface area contributed by atoms with Crippen LogP contribution in [0.1, 0.15) is 50.3 Å². The maximum atomic E-state index is 12.6. The van der Waals surface area contributed by atoms with Gasteiger partial charge in [-0.05, 0) is 36.5 Å². The molecule has 2 aromatic rings. The molecule has 1 heterocycles. The number of hydrogen-bond acceptors (Lipinski definition) is 4. The number of fused-ring (bicyclic) bond motifs is 1. The lowest BCUT2D eigenvalue weighted by atomic mass is 9.76. The van der Waals surface area contributed by atoms with E-state index in [9.17, 15) is 15.0 Å². The normalized spacial score (nSPS) is 21.8. The van der Waals surface area contributed by atoms with Crippen LogP contribution in [0.15, 0.2) is 48.0 Å². The number of phenols is 1. The number of aromatic hydroxyl groups is 1. The average molecular weight is 395 g/mol. The lowest BCUT2D eigenvalue weighted by Crippen LogP contribution is -2.52. The first kappa shape index (κ1) is 21.1. The summed E-state index contributed by atoms with van der Waals surface area (Å²) in [7, 11) is 1.38. The van der Waals surface area contributed by atoms with Gasteiger partial charge in [0.25, 0.3) is 5.91 Å². The molecule has 1 amide bonds. The number of rotatable bonds is 6. The van der Waals surface area contributed by atoms with Gasteiger partial charge >= 0.3 is 0 Å². The average Bonchev–Trinajstić information content (AvgIpc) is 2.69. The molecule has 2 aromatic carbocycles. The number of anilines is 1. The van der Waals surface area contributed by atoms with Crippen molar-refractivity contribution in [2.75, 3.05) is 12.4 Å². The Kier molecular flexibility index (Phi) is 6.10. The van der Waals surface area contributed by atoms with Crippen LogP contribution in [0.5, 0.6) is 5.75 Å². The maximum absolute atomic E-state index is 12.6. The summed E-state index contributed by atoms with van der Waals surface area (Å²) in [4.78, 5) is 12.6. The van der Waals surface area contributed by atoms with Crippen LogP contribution in [-0.2, 0) is 15.1 Å². The number of carbonyl (C=O) groups is 1. The number of amides is 1. The van der Waals surface area contributed by atoms with Gasteiger partial charge in [-0.15, -0.1) is 0 Å². The number of allylic oxidation sites excluding steroid dienone is 1. The Balaban J connectivity index is 2.24. The highest BCUT2D eigenvalue weighted by atomic mass is 16.5. The second kappa shape index (κ2) is 8.39. The van der Waals surface area contributed by atoms with Gasteiger partial charge in [-0.1, -0.05) is 62.8 Å². The van der Waals surface area contributed by atoms with E-state index < -0.39 is 17.6 Å². The van der Waals surface area contributed by atoms with Crippen LogP contribution in [0, 0.1) is 5.92 Å². The van der Waals surface area contributed by atoms with Crippen LogP contribution in [0.25, 0.3) is 6.08 Å². The van der Waals surface area contributed by atoms with E-state index in [4.69, 9.17) is 4.74 Å². The largest absolute Gasteiger partial charge is 0.507 e. The summed E-state index contributed by atoms with van der Waals surface area (Å²) in [6.45, 7) is 6.40. The maximum Gasteiger partial charge on any atom is 0.257 e. The van der Waals surface area contributed by atoms with Crippen LogP contribution in [-0.4, -0.2) is 29.3 Å². The third kappa shape index (κ3) is 3.80. The Bertz CT molecular complexity index is 920. The molecular weight excluding hydrogens is 366 g/mol. The highest BCUT2D eigenvalue weighted by Crippen LogP contribution is 2.48. The summed E-state index contributed by atoms with van der Waals surface area (Å²) in [6.07, 6.45) is 2.57. The Morgan fingerprint density at radius 1 is 1.24 bits per heavy atom. The summed E-state index contributed by atoms with van der Waals surface area (Å²) in [5, 5.41) is 25.7. The minimum absolute atomic E-state index is 0.0504. The smallest absolute Gasteiger partial charge is 0.257 e. The number of hydrogen-bond donors (Lipinski definition) is 3. The molecule has 3 rings (SSSR count). The summed E-state index contributed by atoms with van der Waals surface area (Å²) < 4.78 is 5.39. The monoisotopic (exact) mass is 395 g/mol. The molecule has 0 fully saturated rings. The van der Waals surface area contributed by atoms with Crippen molar-refractivity contribution in [1.29, 1.82) is 0 Å². The van der Waals surface area contributed by atoms with Crippen molar-refractivity contribution >= 4 is 17.7 Å². The third-order valence-corrected chi connectivity index (χ3v) is 5.40. The Hall–Kier alpha value is -2.63. The molecule has 154 valence electrons. The molecule has 3 N–H and O–H groups in total. The van der Waals surface area contributed by atoms with Crippen LogP contribution in [0.3, 0.4) is 0 Å². The molecule has 2 unspecified atom stereocenters. The van der Waals surface area contributed by atoms with E-state index in [0.717, 1.165) is 12.8 Å². The number of methoxy groups -OCH3 is 1. The lowest BCUT2D eigenvalue weighted by molar-refractivity contribution is -0.142. The van der Waals surface area contributed by atoms with Gasteiger partial charge in [-0.3, -0.25) is 4.79 Å². The highest BCUT2D eigenvalue weighted by molar-refractivity contribution is 6.00. The minimum Gasteiger partial charge on any atom is -0.507 e. The van der Waals surface area contributed by atoms with E-state index in [0.29, 0.717) is 22.7 Å². The van der Waals surface area contributed by atoms with Crippen molar-refractivity contribution in [3.8, 4) is 5.75 Å². The molecular formula is C24H29NO4. The van der Waals surface area contributed by atoms with Crippen LogP contribution in [0.4, 0.5) is 5.69 Å². The molecule has 5 heteroatoms. The first-order valence-electron chi connectivity index (χ1n) is 10.00. The molecule has 2 atom stereocenters. The molecule has 0 aromatic heterocycles. The van der Waals surface area contributed by atoms with Crippen molar-refractivity contribution in [2.24, 2.45) is 5.92 Å². The summed E-state index contributed by atoms with van der Waals surface area (Å²) in [5.41, 5.74) is 1.13. The van der Waals surface area contributed by atoms with Gasteiger partial charge in [0.15, 0.2) is 11.7 Å². The zero-order chi connectivity index (χ0) is 21.2. The topological polar surface area (TPSA) is 78.8 Å². The van der Waals surface area contributed by atoms with Gasteiger partial charge in [0.05, 0.1) is 11.3 Å². The fourth-order valence-electron chi connectivity index (χ4n) is 4.05.